The number of carbonyl (C=O) groups excluding carboxylic acids is 1. The monoisotopic (exact) mass is 347 g/mol. The van der Waals surface area contributed by atoms with Crippen LogP contribution in [0, 0.1) is 16.7 Å². The predicted molar refractivity (Wildman–Crippen MR) is 90.5 cm³/mol. The second-order valence-corrected chi connectivity index (χ2v) is 8.54. The zero-order chi connectivity index (χ0) is 17.2. The molecule has 1 saturated carbocycles. The summed E-state index contributed by atoms with van der Waals surface area (Å²) in [4.78, 5) is 14.2. The van der Waals surface area contributed by atoms with Crippen molar-refractivity contribution in [3.8, 4) is 6.07 Å². The van der Waals surface area contributed by atoms with Crippen molar-refractivity contribution in [1.29, 1.82) is 5.26 Å². The molecule has 1 aliphatic heterocycles. The number of rotatable bonds is 4. The van der Waals surface area contributed by atoms with Crippen molar-refractivity contribution in [2.24, 2.45) is 5.41 Å². The molecule has 1 aliphatic carbocycles. The molecule has 6 nitrogen and oxygen atoms in total. The van der Waals surface area contributed by atoms with Crippen LogP contribution in [-0.2, 0) is 14.8 Å². The molecule has 24 heavy (non-hydrogen) atoms. The topological polar surface area (TPSA) is 90.3 Å². The van der Waals surface area contributed by atoms with E-state index in [9.17, 15) is 18.5 Å². The zero-order valence-electron chi connectivity index (χ0n) is 13.4. The van der Waals surface area contributed by atoms with Crippen LogP contribution in [0.4, 0.5) is 5.69 Å². The molecule has 2 aliphatic rings. The Morgan fingerprint density at radius 1 is 1.25 bits per heavy atom. The maximum absolute atomic E-state index is 12.7. The summed E-state index contributed by atoms with van der Waals surface area (Å²) in [6.07, 6.45) is 3.20. The van der Waals surface area contributed by atoms with Crippen LogP contribution < -0.4 is 4.72 Å². The van der Waals surface area contributed by atoms with Gasteiger partial charge in [0.2, 0.25) is 15.9 Å². The Hall–Kier alpha value is -2.07. The Balaban J connectivity index is 1.71. The number of nitrogens with zero attached hydrogens (tertiary/aromatic N) is 2. The van der Waals surface area contributed by atoms with Gasteiger partial charge in [-0.3, -0.25) is 9.52 Å². The number of likely N-dealkylation sites (tertiary alicyclic amines) is 1. The maximum atomic E-state index is 12.7. The highest BCUT2D eigenvalue weighted by Gasteiger charge is 2.48. The normalized spacial score (nSPS) is 23.0. The lowest BCUT2D eigenvalue weighted by Crippen LogP contribution is -2.53. The van der Waals surface area contributed by atoms with Crippen molar-refractivity contribution >= 4 is 21.6 Å². The van der Waals surface area contributed by atoms with Crippen molar-refractivity contribution in [3.05, 3.63) is 30.3 Å². The quantitative estimate of drug-likeness (QED) is 0.903. The Morgan fingerprint density at radius 2 is 1.96 bits per heavy atom. The fourth-order valence-electron chi connectivity index (χ4n) is 3.34. The van der Waals surface area contributed by atoms with Crippen molar-refractivity contribution in [1.82, 2.24) is 4.90 Å². The summed E-state index contributed by atoms with van der Waals surface area (Å²) in [5.41, 5.74) is -0.396. The molecule has 1 aromatic carbocycles. The third-order valence-electron chi connectivity index (χ3n) is 4.97. The number of nitrogens with one attached hydrogen (secondary N) is 1. The molecular formula is C17H21N3O3S. The highest BCUT2D eigenvalue weighted by atomic mass is 32.2. The molecule has 0 unspecified atom stereocenters. The smallest absolute Gasteiger partial charge is 0.243 e. The molecule has 1 amide bonds. The number of carbonyl (C=O) groups is 1. The minimum absolute atomic E-state index is 0.157. The molecule has 128 valence electrons. The van der Waals surface area contributed by atoms with Gasteiger partial charge in [-0.15, -0.1) is 0 Å². The number of benzene rings is 1. The van der Waals surface area contributed by atoms with Crippen LogP contribution in [0.3, 0.4) is 0 Å². The Morgan fingerprint density at radius 3 is 2.54 bits per heavy atom. The Labute approximate surface area is 142 Å². The van der Waals surface area contributed by atoms with E-state index in [1.165, 1.54) is 0 Å². The van der Waals surface area contributed by atoms with Gasteiger partial charge in [0.15, 0.2) is 0 Å². The number of hydrogen-bond donors (Lipinski definition) is 1. The zero-order valence-corrected chi connectivity index (χ0v) is 14.3. The van der Waals surface area contributed by atoms with Crippen molar-refractivity contribution in [2.75, 3.05) is 17.8 Å². The van der Waals surface area contributed by atoms with Crippen LogP contribution in [0.1, 0.15) is 32.1 Å². The van der Waals surface area contributed by atoms with Gasteiger partial charge in [-0.05, 0) is 44.2 Å². The van der Waals surface area contributed by atoms with E-state index < -0.39 is 20.7 Å². The first-order chi connectivity index (χ1) is 11.5. The first-order valence-corrected chi connectivity index (χ1v) is 9.79. The number of sulfonamides is 1. The lowest BCUT2D eigenvalue weighted by atomic mass is 9.69. The second-order valence-electron chi connectivity index (χ2n) is 6.58. The van der Waals surface area contributed by atoms with Crippen molar-refractivity contribution in [2.45, 2.75) is 37.4 Å². The predicted octanol–water partition coefficient (Wildman–Crippen LogP) is 2.11. The minimum atomic E-state index is -3.57. The van der Waals surface area contributed by atoms with E-state index in [-0.39, 0.29) is 12.5 Å². The van der Waals surface area contributed by atoms with Crippen molar-refractivity contribution in [3.63, 3.8) is 0 Å². The van der Waals surface area contributed by atoms with Gasteiger partial charge in [-0.1, -0.05) is 18.2 Å². The average Bonchev–Trinajstić information content (AvgIpc) is 2.55. The molecular weight excluding hydrogens is 326 g/mol. The van der Waals surface area contributed by atoms with Crippen LogP contribution in [0.2, 0.25) is 0 Å². The fourth-order valence-corrected chi connectivity index (χ4v) is 4.82. The van der Waals surface area contributed by atoms with Gasteiger partial charge in [0.05, 0.1) is 11.3 Å². The van der Waals surface area contributed by atoms with Gasteiger partial charge >= 0.3 is 0 Å². The van der Waals surface area contributed by atoms with Gasteiger partial charge in [0.25, 0.3) is 0 Å². The largest absolute Gasteiger partial charge is 0.340 e. The van der Waals surface area contributed by atoms with Crippen LogP contribution in [0.5, 0.6) is 0 Å². The van der Waals surface area contributed by atoms with Gasteiger partial charge in [0, 0.05) is 18.8 Å². The van der Waals surface area contributed by atoms with E-state index in [1.54, 1.807) is 29.2 Å². The lowest BCUT2D eigenvalue weighted by Gasteiger charge is -2.41. The van der Waals surface area contributed by atoms with E-state index in [4.69, 9.17) is 0 Å². The summed E-state index contributed by atoms with van der Waals surface area (Å²) in [6, 6.07) is 10.9. The number of hydrogen-bond acceptors (Lipinski definition) is 4. The third kappa shape index (κ3) is 3.11. The molecule has 2 fully saturated rings. The summed E-state index contributed by atoms with van der Waals surface area (Å²) >= 11 is 0. The first-order valence-electron chi connectivity index (χ1n) is 8.24. The van der Waals surface area contributed by atoms with Crippen LogP contribution in [0.25, 0.3) is 0 Å². The lowest BCUT2D eigenvalue weighted by molar-refractivity contribution is -0.143. The maximum Gasteiger partial charge on any atom is 0.243 e. The molecule has 0 radical (unpaired) electrons. The van der Waals surface area contributed by atoms with Crippen LogP contribution in [0.15, 0.2) is 30.3 Å². The third-order valence-corrected chi connectivity index (χ3v) is 6.75. The molecule has 3 rings (SSSR count). The molecule has 1 heterocycles. The highest BCUT2D eigenvalue weighted by molar-refractivity contribution is 7.93. The average molecular weight is 347 g/mol. The molecule has 0 bridgehead atoms. The van der Waals surface area contributed by atoms with E-state index in [0.717, 1.165) is 6.42 Å². The summed E-state index contributed by atoms with van der Waals surface area (Å²) < 4.78 is 27.8. The summed E-state index contributed by atoms with van der Waals surface area (Å²) in [5.74, 6) is -0.198. The van der Waals surface area contributed by atoms with E-state index in [2.05, 4.69) is 10.8 Å². The van der Waals surface area contributed by atoms with Gasteiger partial charge in [0.1, 0.15) is 5.41 Å². The second kappa shape index (κ2) is 6.44. The summed E-state index contributed by atoms with van der Waals surface area (Å²) in [7, 11) is -3.57. The molecule has 7 heteroatoms. The number of anilines is 1. The van der Waals surface area contributed by atoms with Gasteiger partial charge in [-0.25, -0.2) is 8.42 Å². The van der Waals surface area contributed by atoms with Crippen LogP contribution >= 0.6 is 0 Å². The minimum Gasteiger partial charge on any atom is -0.340 e. The number of amides is 1. The molecule has 1 saturated heterocycles. The van der Waals surface area contributed by atoms with Gasteiger partial charge in [-0.2, -0.15) is 5.26 Å². The van der Waals surface area contributed by atoms with E-state index in [0.29, 0.717) is 37.9 Å². The summed E-state index contributed by atoms with van der Waals surface area (Å²) in [5, 5.41) is 8.68. The Bertz CT molecular complexity index is 751. The SMILES string of the molecule is N#CC1(C(=O)N2CCC[C@@H](S(=O)(=O)Nc3ccccc3)C2)CCC1. The van der Waals surface area contributed by atoms with Gasteiger partial charge < -0.3 is 4.90 Å². The molecule has 1 N–H and O–H groups in total. The molecule has 1 atom stereocenters. The molecule has 0 spiro atoms. The summed E-state index contributed by atoms with van der Waals surface area (Å²) in [6.45, 7) is 0.685. The number of nitriles is 1. The molecule has 0 aromatic heterocycles. The Kier molecular flexibility index (Phi) is 4.50. The van der Waals surface area contributed by atoms with E-state index >= 15 is 0 Å². The number of para-hydroxylation sites is 1. The van der Waals surface area contributed by atoms with Crippen LogP contribution in [-0.4, -0.2) is 37.6 Å². The highest BCUT2D eigenvalue weighted by Crippen LogP contribution is 2.42. The number of piperidine rings is 1. The standard InChI is InChI=1S/C17H21N3O3S/c18-13-17(9-5-10-17)16(21)20-11-4-8-15(12-20)24(22,23)19-14-6-2-1-3-7-14/h1-3,6-7,15,19H,4-5,8-12H2/t15-/m1/s1. The first kappa shape index (κ1) is 16.8. The fraction of sp³-hybridized carbons (Fsp3) is 0.529. The molecule has 1 aromatic rings. The van der Waals surface area contributed by atoms with Crippen molar-refractivity contribution < 1.29 is 13.2 Å². The van der Waals surface area contributed by atoms with E-state index in [1.807, 2.05) is 6.07 Å².